The molecule has 0 aromatic heterocycles. The normalized spacial score (nSPS) is 22.4. The lowest BCUT2D eigenvalue weighted by Crippen LogP contribution is -2.41. The zero-order valence-electron chi connectivity index (χ0n) is 14.0. The van der Waals surface area contributed by atoms with Gasteiger partial charge in [0.05, 0.1) is 11.6 Å². The van der Waals surface area contributed by atoms with Crippen LogP contribution in [-0.4, -0.2) is 24.4 Å². The Labute approximate surface area is 155 Å². The van der Waals surface area contributed by atoms with E-state index in [0.29, 0.717) is 6.54 Å². The summed E-state index contributed by atoms with van der Waals surface area (Å²) in [6.07, 6.45) is 1.14. The summed E-state index contributed by atoms with van der Waals surface area (Å²) in [6, 6.07) is 15.8. The van der Waals surface area contributed by atoms with Gasteiger partial charge in [-0.05, 0) is 53.0 Å². The first kappa shape index (κ1) is 16.3. The summed E-state index contributed by atoms with van der Waals surface area (Å²) in [5, 5.41) is 0. The van der Waals surface area contributed by atoms with Crippen LogP contribution in [0.4, 0.5) is 11.4 Å². The summed E-state index contributed by atoms with van der Waals surface area (Å²) >= 11 is 3.50. The third-order valence-corrected chi connectivity index (χ3v) is 5.73. The quantitative estimate of drug-likeness (QED) is 0.771. The van der Waals surface area contributed by atoms with Crippen molar-refractivity contribution in [3.63, 3.8) is 0 Å². The van der Waals surface area contributed by atoms with E-state index in [1.54, 1.807) is 4.90 Å². The molecule has 2 aliphatic heterocycles. The van der Waals surface area contributed by atoms with Gasteiger partial charge in [-0.25, -0.2) is 0 Å². The molecule has 5 heteroatoms. The Bertz CT molecular complexity index is 851. The molecule has 2 heterocycles. The van der Waals surface area contributed by atoms with Crippen LogP contribution in [0.25, 0.3) is 0 Å². The van der Waals surface area contributed by atoms with Gasteiger partial charge in [0.1, 0.15) is 0 Å². The third kappa shape index (κ3) is 2.76. The van der Waals surface area contributed by atoms with E-state index in [9.17, 15) is 9.59 Å². The number of halogens is 1. The van der Waals surface area contributed by atoms with Gasteiger partial charge in [-0.2, -0.15) is 0 Å². The number of nitrogens with zero attached hydrogens (tertiary/aromatic N) is 2. The van der Waals surface area contributed by atoms with Crippen LogP contribution in [0.5, 0.6) is 0 Å². The lowest BCUT2D eigenvalue weighted by molar-refractivity contribution is -0.124. The first-order chi connectivity index (χ1) is 12.1. The molecular formula is C20H19BrN2O2. The van der Waals surface area contributed by atoms with Crippen molar-refractivity contribution in [3.8, 4) is 0 Å². The molecule has 2 aromatic carbocycles. The van der Waals surface area contributed by atoms with Crippen molar-refractivity contribution in [2.75, 3.05) is 16.3 Å². The highest BCUT2D eigenvalue weighted by atomic mass is 79.9. The van der Waals surface area contributed by atoms with Gasteiger partial charge < -0.3 is 9.80 Å². The van der Waals surface area contributed by atoms with E-state index in [0.717, 1.165) is 22.3 Å². The second-order valence-electron chi connectivity index (χ2n) is 6.75. The first-order valence-corrected chi connectivity index (χ1v) is 9.31. The summed E-state index contributed by atoms with van der Waals surface area (Å²) in [6.45, 7) is 2.51. The molecule has 4 rings (SSSR count). The zero-order chi connectivity index (χ0) is 17.6. The molecule has 2 amide bonds. The van der Waals surface area contributed by atoms with Gasteiger partial charge in [0.25, 0.3) is 0 Å². The van der Waals surface area contributed by atoms with E-state index < -0.39 is 0 Å². The van der Waals surface area contributed by atoms with Crippen LogP contribution in [-0.2, 0) is 16.0 Å². The number of benzene rings is 2. The number of fused-ring (bicyclic) bond motifs is 1. The minimum atomic E-state index is -0.298. The Balaban J connectivity index is 1.59. The number of hydrogen-bond acceptors (Lipinski definition) is 2. The number of hydrogen-bond donors (Lipinski definition) is 0. The highest BCUT2D eigenvalue weighted by Gasteiger charge is 2.41. The smallest absolute Gasteiger partial charge is 0.232 e. The lowest BCUT2D eigenvalue weighted by atomic mass is 10.1. The summed E-state index contributed by atoms with van der Waals surface area (Å²) in [5.41, 5.74) is 3.03. The van der Waals surface area contributed by atoms with Crippen LogP contribution in [0.2, 0.25) is 0 Å². The molecule has 25 heavy (non-hydrogen) atoms. The van der Waals surface area contributed by atoms with Gasteiger partial charge in [0.2, 0.25) is 11.8 Å². The molecule has 4 nitrogen and oxygen atoms in total. The van der Waals surface area contributed by atoms with E-state index in [4.69, 9.17) is 0 Å². The topological polar surface area (TPSA) is 40.6 Å². The van der Waals surface area contributed by atoms with Crippen molar-refractivity contribution in [3.05, 3.63) is 58.6 Å². The Hall–Kier alpha value is -2.14. The molecule has 2 unspecified atom stereocenters. The van der Waals surface area contributed by atoms with Crippen molar-refractivity contribution in [2.45, 2.75) is 25.8 Å². The Kier molecular flexibility index (Phi) is 4.12. The Morgan fingerprint density at radius 3 is 2.48 bits per heavy atom. The third-order valence-electron chi connectivity index (χ3n) is 5.06. The number of para-hydroxylation sites is 2. The summed E-state index contributed by atoms with van der Waals surface area (Å²) in [5.74, 6) is -0.237. The predicted octanol–water partition coefficient (Wildman–Crippen LogP) is 3.78. The van der Waals surface area contributed by atoms with Crippen LogP contribution in [0.1, 0.15) is 18.9 Å². The maximum absolute atomic E-state index is 13.2. The van der Waals surface area contributed by atoms with E-state index >= 15 is 0 Å². The molecule has 2 aromatic rings. The van der Waals surface area contributed by atoms with E-state index in [-0.39, 0.29) is 30.2 Å². The minimum Gasteiger partial charge on any atom is -0.310 e. The molecule has 2 atom stereocenters. The fourth-order valence-electron chi connectivity index (χ4n) is 3.87. The Morgan fingerprint density at radius 1 is 1.04 bits per heavy atom. The molecule has 0 aliphatic carbocycles. The number of anilines is 2. The average Bonchev–Trinajstić information content (AvgIpc) is 3.14. The average molecular weight is 399 g/mol. The molecular weight excluding hydrogens is 380 g/mol. The van der Waals surface area contributed by atoms with Gasteiger partial charge in [-0.15, -0.1) is 0 Å². The summed E-state index contributed by atoms with van der Waals surface area (Å²) < 4.78 is 0.872. The van der Waals surface area contributed by atoms with Crippen molar-refractivity contribution < 1.29 is 9.59 Å². The van der Waals surface area contributed by atoms with E-state index in [1.807, 2.05) is 47.4 Å². The second-order valence-corrected chi connectivity index (χ2v) is 7.60. The number of amides is 2. The lowest BCUT2D eigenvalue weighted by Gasteiger charge is -2.26. The molecule has 0 radical (unpaired) electrons. The number of carbonyl (C=O) groups is 2. The standard InChI is InChI=1S/C20H19BrN2O2/c1-13-10-14-6-2-4-8-17(14)23(13)20(25)15-11-19(24)22(12-15)18-9-5-3-7-16(18)21/h2-9,13,15H,10-12H2,1H3. The molecule has 128 valence electrons. The molecule has 0 N–H and O–H groups in total. The monoisotopic (exact) mass is 398 g/mol. The SMILES string of the molecule is CC1Cc2ccccc2N1C(=O)C1CC(=O)N(c2ccccc2Br)C1. The van der Waals surface area contributed by atoms with Crippen molar-refractivity contribution >= 4 is 39.1 Å². The maximum Gasteiger partial charge on any atom is 0.232 e. The minimum absolute atomic E-state index is 0.00499. The molecule has 0 spiro atoms. The number of carbonyl (C=O) groups excluding carboxylic acids is 2. The second kappa shape index (κ2) is 6.30. The van der Waals surface area contributed by atoms with Crippen molar-refractivity contribution in [1.29, 1.82) is 0 Å². The summed E-state index contributed by atoms with van der Waals surface area (Å²) in [4.78, 5) is 29.3. The molecule has 2 aliphatic rings. The zero-order valence-corrected chi connectivity index (χ0v) is 15.6. The fourth-order valence-corrected chi connectivity index (χ4v) is 4.37. The fraction of sp³-hybridized carbons (Fsp3) is 0.300. The molecule has 0 saturated carbocycles. The van der Waals surface area contributed by atoms with Gasteiger partial charge in [-0.3, -0.25) is 9.59 Å². The van der Waals surface area contributed by atoms with Gasteiger partial charge >= 0.3 is 0 Å². The highest BCUT2D eigenvalue weighted by Crippen LogP contribution is 2.36. The van der Waals surface area contributed by atoms with E-state index in [1.165, 1.54) is 5.56 Å². The number of rotatable bonds is 2. The van der Waals surface area contributed by atoms with Crippen molar-refractivity contribution in [1.82, 2.24) is 0 Å². The van der Waals surface area contributed by atoms with E-state index in [2.05, 4.69) is 28.9 Å². The molecule has 1 fully saturated rings. The molecule has 0 bridgehead atoms. The van der Waals surface area contributed by atoms with Gasteiger partial charge in [-0.1, -0.05) is 30.3 Å². The van der Waals surface area contributed by atoms with Crippen molar-refractivity contribution in [2.24, 2.45) is 5.92 Å². The summed E-state index contributed by atoms with van der Waals surface area (Å²) in [7, 11) is 0. The van der Waals surface area contributed by atoms with Crippen LogP contribution in [0.3, 0.4) is 0 Å². The van der Waals surface area contributed by atoms with Crippen LogP contribution < -0.4 is 9.80 Å². The Morgan fingerprint density at radius 2 is 1.72 bits per heavy atom. The van der Waals surface area contributed by atoms with Gasteiger partial charge in [0, 0.05) is 29.2 Å². The molecule has 1 saturated heterocycles. The largest absolute Gasteiger partial charge is 0.310 e. The van der Waals surface area contributed by atoms with Crippen LogP contribution in [0, 0.1) is 5.92 Å². The first-order valence-electron chi connectivity index (χ1n) is 8.52. The maximum atomic E-state index is 13.2. The predicted molar refractivity (Wildman–Crippen MR) is 102 cm³/mol. The van der Waals surface area contributed by atoms with Crippen LogP contribution >= 0.6 is 15.9 Å². The van der Waals surface area contributed by atoms with Crippen LogP contribution in [0.15, 0.2) is 53.0 Å². The highest BCUT2D eigenvalue weighted by molar-refractivity contribution is 9.10. The van der Waals surface area contributed by atoms with Gasteiger partial charge in [0.15, 0.2) is 0 Å².